The number of aryl methyl sites for hydroxylation is 2. The molecular formula is C30H31N3O3. The molecule has 1 N–H and O–H groups in total. The lowest BCUT2D eigenvalue weighted by molar-refractivity contribution is -0.149. The van der Waals surface area contributed by atoms with Crippen LogP contribution in [-0.4, -0.2) is 21.5 Å². The van der Waals surface area contributed by atoms with E-state index in [4.69, 9.17) is 19.1 Å². The van der Waals surface area contributed by atoms with Gasteiger partial charge in [0.2, 0.25) is 0 Å². The quantitative estimate of drug-likeness (QED) is 0.233. The van der Waals surface area contributed by atoms with Crippen LogP contribution in [0.3, 0.4) is 0 Å². The summed E-state index contributed by atoms with van der Waals surface area (Å²) in [5, 5.41) is 3.19. The molecule has 184 valence electrons. The van der Waals surface area contributed by atoms with Gasteiger partial charge in [0, 0.05) is 18.1 Å². The van der Waals surface area contributed by atoms with Gasteiger partial charge in [0.1, 0.15) is 17.1 Å². The summed E-state index contributed by atoms with van der Waals surface area (Å²) in [5.41, 5.74) is 5.42. The van der Waals surface area contributed by atoms with Crippen molar-refractivity contribution in [2.75, 3.05) is 5.32 Å². The maximum Gasteiger partial charge on any atom is 0.355 e. The van der Waals surface area contributed by atoms with E-state index in [0.29, 0.717) is 23.7 Å². The number of anilines is 1. The fraction of sp³-hybridized carbons (Fsp3) is 0.233. The van der Waals surface area contributed by atoms with Crippen molar-refractivity contribution in [2.24, 2.45) is 0 Å². The highest BCUT2D eigenvalue weighted by Gasteiger charge is 2.22. The lowest BCUT2D eigenvalue weighted by Gasteiger charge is -2.21. The van der Waals surface area contributed by atoms with Crippen LogP contribution in [0.15, 0.2) is 83.2 Å². The molecule has 6 heteroatoms. The van der Waals surface area contributed by atoms with Crippen LogP contribution >= 0.6 is 0 Å². The Kier molecular flexibility index (Phi) is 7.34. The molecular weight excluding hydrogens is 450 g/mol. The third kappa shape index (κ3) is 6.69. The first-order valence-electron chi connectivity index (χ1n) is 11.9. The van der Waals surface area contributed by atoms with Crippen LogP contribution in [0.4, 0.5) is 5.82 Å². The average molecular weight is 482 g/mol. The maximum atomic E-state index is 13.1. The summed E-state index contributed by atoms with van der Waals surface area (Å²) >= 11 is 0. The first-order chi connectivity index (χ1) is 17.2. The molecule has 36 heavy (non-hydrogen) atoms. The summed E-state index contributed by atoms with van der Waals surface area (Å²) in [4.78, 5) is 22.8. The van der Waals surface area contributed by atoms with Gasteiger partial charge in [-0.3, -0.25) is 0 Å². The first-order valence-corrected chi connectivity index (χ1v) is 11.9. The molecule has 0 aliphatic carbocycles. The second-order valence-corrected chi connectivity index (χ2v) is 9.79. The van der Waals surface area contributed by atoms with E-state index in [1.807, 2.05) is 52.0 Å². The number of benzene rings is 2. The zero-order valence-corrected chi connectivity index (χ0v) is 21.3. The lowest BCUT2D eigenvalue weighted by atomic mass is 10.1. The summed E-state index contributed by atoms with van der Waals surface area (Å²) in [6.45, 7) is 9.59. The number of nitrogens with one attached hydrogen (secondary N) is 1. The summed E-state index contributed by atoms with van der Waals surface area (Å²) in [7, 11) is 0. The summed E-state index contributed by atoms with van der Waals surface area (Å²) in [5.74, 6) is 0.495. The number of aromatic nitrogens is 2. The smallest absolute Gasteiger partial charge is 0.355 e. The molecule has 4 rings (SSSR count). The number of hydrogen-bond donors (Lipinski definition) is 1. The Morgan fingerprint density at radius 2 is 1.78 bits per heavy atom. The van der Waals surface area contributed by atoms with E-state index in [9.17, 15) is 4.79 Å². The van der Waals surface area contributed by atoms with Gasteiger partial charge in [0.25, 0.3) is 0 Å². The number of nitrogens with zero attached hydrogens (tertiary/aromatic N) is 2. The fourth-order valence-electron chi connectivity index (χ4n) is 3.74. The standard InChI is InChI=1S/C30H31N3O3/c1-20-9-6-11-22(15-20)17-25-28(31-19-27(32-25)23-12-7-10-21(2)16-23)33-26(18-24-13-8-14-35-24)29(34)36-30(3,4)5/h6-16,18-19H,17H2,1-5H3,(H,31,33)/b26-18-. The average Bonchev–Trinajstić information content (AvgIpc) is 3.32. The third-order valence-corrected chi connectivity index (χ3v) is 5.31. The topological polar surface area (TPSA) is 77.3 Å². The van der Waals surface area contributed by atoms with Crippen molar-refractivity contribution in [1.29, 1.82) is 0 Å². The predicted molar refractivity (Wildman–Crippen MR) is 142 cm³/mol. The molecule has 0 atom stereocenters. The van der Waals surface area contributed by atoms with Crippen LogP contribution < -0.4 is 5.32 Å². The number of hydrogen-bond acceptors (Lipinski definition) is 6. The van der Waals surface area contributed by atoms with Crippen molar-refractivity contribution in [1.82, 2.24) is 9.97 Å². The number of furan rings is 1. The lowest BCUT2D eigenvalue weighted by Crippen LogP contribution is -2.27. The van der Waals surface area contributed by atoms with Gasteiger partial charge in [-0.2, -0.15) is 0 Å². The van der Waals surface area contributed by atoms with Crippen LogP contribution in [0.2, 0.25) is 0 Å². The molecule has 0 saturated heterocycles. The van der Waals surface area contributed by atoms with Gasteiger partial charge in [-0.15, -0.1) is 0 Å². The highest BCUT2D eigenvalue weighted by atomic mass is 16.6. The van der Waals surface area contributed by atoms with Gasteiger partial charge in [-0.05, 0) is 58.4 Å². The van der Waals surface area contributed by atoms with E-state index in [1.54, 1.807) is 30.7 Å². The molecule has 0 aliphatic heterocycles. The monoisotopic (exact) mass is 481 g/mol. The van der Waals surface area contributed by atoms with Crippen LogP contribution in [0.5, 0.6) is 0 Å². The van der Waals surface area contributed by atoms with Crippen molar-refractivity contribution in [3.05, 3.63) is 107 Å². The summed E-state index contributed by atoms with van der Waals surface area (Å²) < 4.78 is 11.1. The number of carbonyl (C=O) groups is 1. The van der Waals surface area contributed by atoms with Gasteiger partial charge >= 0.3 is 5.97 Å². The predicted octanol–water partition coefficient (Wildman–Crippen LogP) is 6.74. The zero-order chi connectivity index (χ0) is 25.7. The SMILES string of the molecule is Cc1cccc(Cc2nc(-c3cccc(C)c3)cnc2N/C(=C\c2ccco2)C(=O)OC(C)(C)C)c1. The Balaban J connectivity index is 1.76. The van der Waals surface area contributed by atoms with E-state index in [2.05, 4.69) is 36.5 Å². The molecule has 0 spiro atoms. The van der Waals surface area contributed by atoms with Crippen LogP contribution in [0, 0.1) is 13.8 Å². The van der Waals surface area contributed by atoms with E-state index in [-0.39, 0.29) is 5.70 Å². The van der Waals surface area contributed by atoms with Gasteiger partial charge < -0.3 is 14.5 Å². The van der Waals surface area contributed by atoms with Gasteiger partial charge in [-0.1, -0.05) is 53.6 Å². The maximum absolute atomic E-state index is 13.1. The minimum Gasteiger partial charge on any atom is -0.465 e. The van der Waals surface area contributed by atoms with E-state index in [1.165, 1.54) is 0 Å². The normalized spacial score (nSPS) is 11.9. The highest BCUT2D eigenvalue weighted by Crippen LogP contribution is 2.25. The van der Waals surface area contributed by atoms with Crippen molar-refractivity contribution >= 4 is 17.9 Å². The second-order valence-electron chi connectivity index (χ2n) is 9.79. The number of rotatable bonds is 7. The Hall–Kier alpha value is -4.19. The van der Waals surface area contributed by atoms with Crippen molar-refractivity contribution in [3.63, 3.8) is 0 Å². The highest BCUT2D eigenvalue weighted by molar-refractivity contribution is 5.96. The summed E-state index contributed by atoms with van der Waals surface area (Å²) in [6, 6.07) is 20.0. The Morgan fingerprint density at radius 3 is 2.44 bits per heavy atom. The molecule has 0 amide bonds. The Morgan fingerprint density at radius 1 is 1.03 bits per heavy atom. The van der Waals surface area contributed by atoms with Crippen molar-refractivity contribution in [3.8, 4) is 11.3 Å². The Labute approximate surface area is 212 Å². The molecule has 4 aromatic rings. The van der Waals surface area contributed by atoms with Gasteiger partial charge in [0.05, 0.1) is 23.8 Å². The van der Waals surface area contributed by atoms with Crippen molar-refractivity contribution < 1.29 is 13.9 Å². The number of esters is 1. The van der Waals surface area contributed by atoms with Crippen LogP contribution in [0.25, 0.3) is 17.3 Å². The summed E-state index contributed by atoms with van der Waals surface area (Å²) in [6.07, 6.45) is 5.42. The minimum absolute atomic E-state index is 0.211. The molecule has 0 fully saturated rings. The molecule has 0 unspecified atom stereocenters. The number of ether oxygens (including phenoxy) is 1. The molecule has 2 aromatic heterocycles. The molecule has 2 aromatic carbocycles. The Bertz CT molecular complexity index is 1380. The molecule has 2 heterocycles. The minimum atomic E-state index is -0.661. The zero-order valence-electron chi connectivity index (χ0n) is 21.3. The first kappa shape index (κ1) is 24.9. The molecule has 0 radical (unpaired) electrons. The molecule has 0 aliphatic rings. The van der Waals surface area contributed by atoms with Crippen molar-refractivity contribution in [2.45, 2.75) is 46.6 Å². The third-order valence-electron chi connectivity index (χ3n) is 5.31. The molecule has 0 bridgehead atoms. The fourth-order valence-corrected chi connectivity index (χ4v) is 3.74. The van der Waals surface area contributed by atoms with E-state index in [0.717, 1.165) is 27.9 Å². The molecule has 0 saturated carbocycles. The molecule has 6 nitrogen and oxygen atoms in total. The van der Waals surface area contributed by atoms with Gasteiger partial charge in [-0.25, -0.2) is 14.8 Å². The number of carbonyl (C=O) groups excluding carboxylic acids is 1. The van der Waals surface area contributed by atoms with Crippen LogP contribution in [-0.2, 0) is 16.0 Å². The largest absolute Gasteiger partial charge is 0.465 e. The van der Waals surface area contributed by atoms with Crippen LogP contribution in [0.1, 0.15) is 48.9 Å². The second kappa shape index (κ2) is 10.6. The van der Waals surface area contributed by atoms with Gasteiger partial charge in [0.15, 0.2) is 5.82 Å². The van der Waals surface area contributed by atoms with E-state index < -0.39 is 11.6 Å². The van der Waals surface area contributed by atoms with E-state index >= 15 is 0 Å².